The van der Waals surface area contributed by atoms with E-state index < -0.39 is 12.2 Å². The van der Waals surface area contributed by atoms with Crippen LogP contribution in [0.4, 0.5) is 0 Å². The largest absolute Gasteiger partial charge is 0.482 e. The van der Waals surface area contributed by atoms with E-state index in [1.54, 1.807) is 7.11 Å². The van der Waals surface area contributed by atoms with Gasteiger partial charge in [-0.05, 0) is 24.6 Å². The molecule has 0 aliphatic rings. The fourth-order valence-corrected chi connectivity index (χ4v) is 2.20. The molecule has 0 unspecified atom stereocenters. The summed E-state index contributed by atoms with van der Waals surface area (Å²) < 4.78 is 16.9. The maximum Gasteiger partial charge on any atom is 0.214 e. The molecule has 0 radical (unpaired) electrons. The second-order valence-corrected chi connectivity index (χ2v) is 4.72. The predicted octanol–water partition coefficient (Wildman–Crippen LogP) is 3.84. The Morgan fingerprint density at radius 2 is 1.59 bits per heavy atom. The SMILES string of the molecule is CCOC(=N)[C@@H](OC)[C@@H](Oc1ccccc1)c1ccccc1. The molecule has 116 valence electrons. The van der Waals surface area contributed by atoms with Gasteiger partial charge in [0.05, 0.1) is 6.61 Å². The highest BCUT2D eigenvalue weighted by Crippen LogP contribution is 2.27. The molecule has 0 aliphatic heterocycles. The number of methoxy groups -OCH3 is 1. The zero-order valence-corrected chi connectivity index (χ0v) is 12.9. The van der Waals surface area contributed by atoms with Crippen molar-refractivity contribution in [2.24, 2.45) is 0 Å². The first-order valence-corrected chi connectivity index (χ1v) is 7.27. The van der Waals surface area contributed by atoms with Gasteiger partial charge in [0.1, 0.15) is 5.75 Å². The lowest BCUT2D eigenvalue weighted by Gasteiger charge is -2.27. The van der Waals surface area contributed by atoms with E-state index in [1.165, 1.54) is 0 Å². The topological polar surface area (TPSA) is 51.5 Å². The maximum absolute atomic E-state index is 8.06. The Morgan fingerprint density at radius 1 is 1.00 bits per heavy atom. The van der Waals surface area contributed by atoms with E-state index in [-0.39, 0.29) is 5.90 Å². The quantitative estimate of drug-likeness (QED) is 0.624. The van der Waals surface area contributed by atoms with E-state index >= 15 is 0 Å². The first-order valence-electron chi connectivity index (χ1n) is 7.27. The van der Waals surface area contributed by atoms with Crippen molar-refractivity contribution in [3.8, 4) is 5.75 Å². The van der Waals surface area contributed by atoms with Gasteiger partial charge in [0.25, 0.3) is 0 Å². The molecule has 4 nitrogen and oxygen atoms in total. The minimum absolute atomic E-state index is 0.0646. The molecule has 22 heavy (non-hydrogen) atoms. The fraction of sp³-hybridized carbons (Fsp3) is 0.278. The lowest BCUT2D eigenvalue weighted by molar-refractivity contribution is 0.0271. The summed E-state index contributed by atoms with van der Waals surface area (Å²) in [4.78, 5) is 0. The Kier molecular flexibility index (Phi) is 5.98. The average molecular weight is 299 g/mol. The molecule has 0 aromatic heterocycles. The lowest BCUT2D eigenvalue weighted by atomic mass is 10.0. The van der Waals surface area contributed by atoms with Crippen molar-refractivity contribution in [2.45, 2.75) is 19.1 Å². The number of nitrogens with one attached hydrogen (secondary N) is 1. The summed E-state index contributed by atoms with van der Waals surface area (Å²) in [5.74, 6) is 0.789. The molecule has 2 atom stereocenters. The summed E-state index contributed by atoms with van der Waals surface area (Å²) in [5.41, 5.74) is 0.933. The average Bonchev–Trinajstić information content (AvgIpc) is 2.56. The molecular weight excluding hydrogens is 278 g/mol. The van der Waals surface area contributed by atoms with E-state index in [0.29, 0.717) is 6.61 Å². The molecule has 0 spiro atoms. The van der Waals surface area contributed by atoms with Crippen LogP contribution in [-0.2, 0) is 9.47 Å². The summed E-state index contributed by atoms with van der Waals surface area (Å²) in [6.45, 7) is 2.27. The molecule has 0 fully saturated rings. The third-order valence-electron chi connectivity index (χ3n) is 3.22. The van der Waals surface area contributed by atoms with Crippen molar-refractivity contribution in [3.05, 3.63) is 66.2 Å². The Balaban J connectivity index is 2.30. The van der Waals surface area contributed by atoms with E-state index in [9.17, 15) is 0 Å². The van der Waals surface area contributed by atoms with Crippen LogP contribution in [0.2, 0.25) is 0 Å². The second-order valence-electron chi connectivity index (χ2n) is 4.72. The summed E-state index contributed by atoms with van der Waals surface area (Å²) >= 11 is 0. The molecular formula is C18H21NO3. The Labute approximate surface area is 131 Å². The highest BCUT2D eigenvalue weighted by molar-refractivity contribution is 5.78. The van der Waals surface area contributed by atoms with Crippen molar-refractivity contribution >= 4 is 5.90 Å². The van der Waals surface area contributed by atoms with Crippen molar-refractivity contribution in [3.63, 3.8) is 0 Å². The number of benzene rings is 2. The molecule has 1 N–H and O–H groups in total. The van der Waals surface area contributed by atoms with Crippen LogP contribution in [0.25, 0.3) is 0 Å². The standard InChI is InChI=1S/C18H21NO3/c1-3-21-18(19)17(20-2)16(14-10-6-4-7-11-14)22-15-12-8-5-9-13-15/h4-13,16-17,19H,3H2,1-2H3/t16-,17-/m0/s1. The number of rotatable bonds is 7. The second kappa shape index (κ2) is 8.20. The summed E-state index contributed by atoms with van der Waals surface area (Å²) in [6, 6.07) is 19.2. The first kappa shape index (κ1) is 16.0. The van der Waals surface area contributed by atoms with Gasteiger partial charge in [0, 0.05) is 7.11 Å². The van der Waals surface area contributed by atoms with Gasteiger partial charge in [-0.25, -0.2) is 0 Å². The van der Waals surface area contributed by atoms with Crippen molar-refractivity contribution < 1.29 is 14.2 Å². The van der Waals surface area contributed by atoms with Gasteiger partial charge in [0.15, 0.2) is 12.2 Å². The maximum atomic E-state index is 8.06. The number of hydrogen-bond donors (Lipinski definition) is 1. The Bertz CT molecular complexity index is 571. The van der Waals surface area contributed by atoms with E-state index in [1.807, 2.05) is 67.6 Å². The zero-order valence-electron chi connectivity index (χ0n) is 12.9. The molecule has 0 bridgehead atoms. The normalized spacial score (nSPS) is 13.2. The van der Waals surface area contributed by atoms with Crippen LogP contribution in [-0.4, -0.2) is 25.7 Å². The minimum atomic E-state index is -0.609. The van der Waals surface area contributed by atoms with Crippen LogP contribution in [0.1, 0.15) is 18.6 Å². The van der Waals surface area contributed by atoms with Crippen molar-refractivity contribution in [2.75, 3.05) is 13.7 Å². The van der Waals surface area contributed by atoms with Gasteiger partial charge in [-0.3, -0.25) is 5.41 Å². The van der Waals surface area contributed by atoms with Gasteiger partial charge in [-0.15, -0.1) is 0 Å². The van der Waals surface area contributed by atoms with Crippen LogP contribution >= 0.6 is 0 Å². The summed E-state index contributed by atoms with van der Waals surface area (Å²) in [6.07, 6.45) is -1.06. The molecule has 0 aliphatic carbocycles. The smallest absolute Gasteiger partial charge is 0.214 e. The number of hydrogen-bond acceptors (Lipinski definition) is 4. The van der Waals surface area contributed by atoms with Crippen molar-refractivity contribution in [1.29, 1.82) is 5.41 Å². The molecule has 2 aromatic rings. The van der Waals surface area contributed by atoms with Crippen molar-refractivity contribution in [1.82, 2.24) is 0 Å². The third kappa shape index (κ3) is 4.09. The molecule has 2 aromatic carbocycles. The molecule has 0 amide bonds. The monoisotopic (exact) mass is 299 g/mol. The Hall–Kier alpha value is -2.33. The van der Waals surface area contributed by atoms with E-state index in [2.05, 4.69) is 0 Å². The van der Waals surface area contributed by atoms with Crippen LogP contribution in [0.3, 0.4) is 0 Å². The fourth-order valence-electron chi connectivity index (χ4n) is 2.20. The van der Waals surface area contributed by atoms with Gasteiger partial charge in [-0.2, -0.15) is 0 Å². The molecule has 0 saturated heterocycles. The third-order valence-corrected chi connectivity index (χ3v) is 3.22. The van der Waals surface area contributed by atoms with E-state index in [4.69, 9.17) is 19.6 Å². The summed E-state index contributed by atoms with van der Waals surface area (Å²) in [5, 5.41) is 8.06. The van der Waals surface area contributed by atoms with Crippen LogP contribution < -0.4 is 4.74 Å². The highest BCUT2D eigenvalue weighted by atomic mass is 16.6. The minimum Gasteiger partial charge on any atom is -0.482 e. The van der Waals surface area contributed by atoms with Crippen LogP contribution in [0.15, 0.2) is 60.7 Å². The van der Waals surface area contributed by atoms with Crippen LogP contribution in [0.5, 0.6) is 5.75 Å². The van der Waals surface area contributed by atoms with Gasteiger partial charge >= 0.3 is 0 Å². The molecule has 0 heterocycles. The Morgan fingerprint density at radius 3 is 2.14 bits per heavy atom. The molecule has 2 rings (SSSR count). The highest BCUT2D eigenvalue weighted by Gasteiger charge is 2.30. The molecule has 0 saturated carbocycles. The number of para-hydroxylation sites is 1. The zero-order chi connectivity index (χ0) is 15.8. The van der Waals surface area contributed by atoms with Gasteiger partial charge < -0.3 is 14.2 Å². The van der Waals surface area contributed by atoms with Gasteiger partial charge in [0.2, 0.25) is 5.90 Å². The lowest BCUT2D eigenvalue weighted by Crippen LogP contribution is -2.34. The predicted molar refractivity (Wildman–Crippen MR) is 86.4 cm³/mol. The number of ether oxygens (including phenoxy) is 3. The van der Waals surface area contributed by atoms with Gasteiger partial charge in [-0.1, -0.05) is 48.5 Å². The van der Waals surface area contributed by atoms with E-state index in [0.717, 1.165) is 11.3 Å². The molecule has 4 heteroatoms. The van der Waals surface area contributed by atoms with Crippen LogP contribution in [0, 0.1) is 5.41 Å². The summed E-state index contributed by atoms with van der Waals surface area (Å²) in [7, 11) is 1.56. The first-order chi connectivity index (χ1) is 10.8.